The molecule has 2 atom stereocenters. The molecule has 0 radical (unpaired) electrons. The molecule has 1 heterocycles. The number of ether oxygens (including phenoxy) is 1. The third kappa shape index (κ3) is 2.23. The summed E-state index contributed by atoms with van der Waals surface area (Å²) in [6.45, 7) is 0.378. The summed E-state index contributed by atoms with van der Waals surface area (Å²) in [5, 5.41) is 8.36. The maximum Gasteiger partial charge on any atom is 0.126 e. The van der Waals surface area contributed by atoms with E-state index in [2.05, 4.69) is 0 Å². The third-order valence-electron chi connectivity index (χ3n) is 1.74. The Hall–Kier alpha value is -0.150. The lowest BCUT2D eigenvalue weighted by molar-refractivity contribution is 0.0638. The molecule has 0 saturated carbocycles. The van der Waals surface area contributed by atoms with Gasteiger partial charge in [0.15, 0.2) is 0 Å². The third-order valence-corrected chi connectivity index (χ3v) is 1.74. The second kappa shape index (κ2) is 3.88. The topological polar surface area (TPSA) is 29.5 Å². The Morgan fingerprint density at radius 3 is 3.00 bits per heavy atom. The molecule has 0 aliphatic carbocycles. The van der Waals surface area contributed by atoms with Crippen LogP contribution in [0.2, 0.25) is 0 Å². The van der Waals surface area contributed by atoms with E-state index < -0.39 is 6.17 Å². The van der Waals surface area contributed by atoms with Crippen molar-refractivity contribution in [2.75, 3.05) is 13.2 Å². The molecule has 0 aromatic heterocycles. The molecule has 3 heteroatoms. The first-order chi connectivity index (χ1) is 4.83. The van der Waals surface area contributed by atoms with Crippen LogP contribution in [0.4, 0.5) is 4.39 Å². The Kier molecular flexibility index (Phi) is 3.09. The molecule has 1 N–H and O–H groups in total. The summed E-state index contributed by atoms with van der Waals surface area (Å²) in [5.41, 5.74) is 0. The Bertz CT molecular complexity index is 91.6. The highest BCUT2D eigenvalue weighted by Gasteiger charge is 2.19. The molecule has 10 heavy (non-hydrogen) atoms. The normalized spacial score (nSPS) is 28.8. The van der Waals surface area contributed by atoms with Crippen LogP contribution in [-0.2, 0) is 4.74 Å². The second-order valence-electron chi connectivity index (χ2n) is 2.65. The zero-order chi connectivity index (χ0) is 7.40. The van der Waals surface area contributed by atoms with Gasteiger partial charge in [-0.25, -0.2) is 4.39 Å². The van der Waals surface area contributed by atoms with E-state index in [1.54, 1.807) is 0 Å². The van der Waals surface area contributed by atoms with Gasteiger partial charge in [-0.1, -0.05) is 0 Å². The van der Waals surface area contributed by atoms with E-state index in [4.69, 9.17) is 9.84 Å². The van der Waals surface area contributed by atoms with E-state index in [0.717, 1.165) is 19.4 Å². The van der Waals surface area contributed by atoms with Gasteiger partial charge in [-0.2, -0.15) is 0 Å². The van der Waals surface area contributed by atoms with Gasteiger partial charge < -0.3 is 9.84 Å². The fraction of sp³-hybridized carbons (Fsp3) is 1.00. The summed E-state index contributed by atoms with van der Waals surface area (Å²) in [5.74, 6) is 0. The number of halogens is 1. The van der Waals surface area contributed by atoms with E-state index in [0.29, 0.717) is 6.42 Å². The fourth-order valence-electron chi connectivity index (χ4n) is 1.19. The molecule has 1 aliphatic rings. The van der Waals surface area contributed by atoms with Crippen molar-refractivity contribution >= 4 is 0 Å². The van der Waals surface area contributed by atoms with Crippen LogP contribution in [0.5, 0.6) is 0 Å². The van der Waals surface area contributed by atoms with Crippen molar-refractivity contribution in [3.05, 3.63) is 0 Å². The smallest absolute Gasteiger partial charge is 0.126 e. The first kappa shape index (κ1) is 7.95. The average Bonchev–Trinajstić information content (AvgIpc) is 2.40. The lowest BCUT2D eigenvalue weighted by Crippen LogP contribution is -2.16. The summed E-state index contributed by atoms with van der Waals surface area (Å²) in [4.78, 5) is 0. The molecular formula is C7H13FO2. The van der Waals surface area contributed by atoms with E-state index in [-0.39, 0.29) is 12.7 Å². The largest absolute Gasteiger partial charge is 0.393 e. The lowest BCUT2D eigenvalue weighted by Gasteiger charge is -2.10. The Labute approximate surface area is 60.0 Å². The molecule has 0 spiro atoms. The number of rotatable bonds is 3. The van der Waals surface area contributed by atoms with Gasteiger partial charge in [-0.3, -0.25) is 0 Å². The zero-order valence-corrected chi connectivity index (χ0v) is 5.92. The highest BCUT2D eigenvalue weighted by Crippen LogP contribution is 2.17. The Balaban J connectivity index is 2.11. The molecule has 0 bridgehead atoms. The number of alkyl halides is 1. The minimum absolute atomic E-state index is 0.0575. The maximum atomic E-state index is 12.5. The molecule has 1 fully saturated rings. The van der Waals surface area contributed by atoms with Crippen molar-refractivity contribution in [2.45, 2.75) is 31.5 Å². The molecule has 60 valence electrons. The van der Waals surface area contributed by atoms with Crippen LogP contribution in [0.1, 0.15) is 19.3 Å². The summed E-state index contributed by atoms with van der Waals surface area (Å²) in [6, 6.07) is 0. The fourth-order valence-corrected chi connectivity index (χ4v) is 1.19. The highest BCUT2D eigenvalue weighted by molar-refractivity contribution is 4.68. The molecule has 0 unspecified atom stereocenters. The van der Waals surface area contributed by atoms with Gasteiger partial charge in [-0.15, -0.1) is 0 Å². The summed E-state index contributed by atoms with van der Waals surface area (Å²) in [6.07, 6.45) is 1.30. The van der Waals surface area contributed by atoms with Gasteiger partial charge in [0.05, 0.1) is 12.7 Å². The zero-order valence-electron chi connectivity index (χ0n) is 5.92. The Morgan fingerprint density at radius 2 is 2.50 bits per heavy atom. The number of aliphatic hydroxyl groups is 1. The van der Waals surface area contributed by atoms with Gasteiger partial charge >= 0.3 is 0 Å². The van der Waals surface area contributed by atoms with E-state index in [9.17, 15) is 4.39 Å². The van der Waals surface area contributed by atoms with Crippen LogP contribution in [0.15, 0.2) is 0 Å². The predicted octanol–water partition coefficient (Wildman–Crippen LogP) is 0.886. The molecule has 0 aromatic carbocycles. The van der Waals surface area contributed by atoms with Gasteiger partial charge in [0, 0.05) is 13.0 Å². The summed E-state index contributed by atoms with van der Waals surface area (Å²) < 4.78 is 17.6. The highest BCUT2D eigenvalue weighted by atomic mass is 19.1. The number of hydrogen-bond donors (Lipinski definition) is 1. The van der Waals surface area contributed by atoms with Crippen LogP contribution < -0.4 is 0 Å². The van der Waals surface area contributed by atoms with Crippen LogP contribution in [-0.4, -0.2) is 30.6 Å². The summed E-state index contributed by atoms with van der Waals surface area (Å²) >= 11 is 0. The summed E-state index contributed by atoms with van der Waals surface area (Å²) in [7, 11) is 0. The molecule has 0 amide bonds. The minimum Gasteiger partial charge on any atom is -0.393 e. The van der Waals surface area contributed by atoms with Crippen LogP contribution in [0.25, 0.3) is 0 Å². The first-order valence-electron chi connectivity index (χ1n) is 3.69. The van der Waals surface area contributed by atoms with Crippen molar-refractivity contribution in [3.8, 4) is 0 Å². The Morgan fingerprint density at radius 1 is 1.70 bits per heavy atom. The minimum atomic E-state index is -1.09. The van der Waals surface area contributed by atoms with Gasteiger partial charge in [0.1, 0.15) is 6.17 Å². The monoisotopic (exact) mass is 148 g/mol. The number of hydrogen-bond acceptors (Lipinski definition) is 2. The van der Waals surface area contributed by atoms with Crippen LogP contribution in [0, 0.1) is 0 Å². The lowest BCUT2D eigenvalue weighted by atomic mass is 10.1. The molecule has 2 nitrogen and oxygen atoms in total. The van der Waals surface area contributed by atoms with Crippen molar-refractivity contribution in [1.29, 1.82) is 0 Å². The quantitative estimate of drug-likeness (QED) is 0.644. The van der Waals surface area contributed by atoms with Crippen molar-refractivity contribution in [2.24, 2.45) is 0 Å². The van der Waals surface area contributed by atoms with Gasteiger partial charge in [0.2, 0.25) is 0 Å². The van der Waals surface area contributed by atoms with Crippen molar-refractivity contribution in [1.82, 2.24) is 0 Å². The van der Waals surface area contributed by atoms with E-state index in [1.807, 2.05) is 0 Å². The average molecular weight is 148 g/mol. The SMILES string of the molecule is OC[C@@H](F)C[C@H]1CCCO1. The standard InChI is InChI=1S/C7H13FO2/c8-6(5-9)4-7-2-1-3-10-7/h6-7,9H,1-5H2/t6-,7+/m0/s1. The number of aliphatic hydroxyl groups excluding tert-OH is 1. The van der Waals surface area contributed by atoms with Gasteiger partial charge in [0.25, 0.3) is 0 Å². The molecule has 1 rings (SSSR count). The molecule has 1 aliphatic heterocycles. The maximum absolute atomic E-state index is 12.5. The molecule has 1 saturated heterocycles. The van der Waals surface area contributed by atoms with E-state index in [1.165, 1.54) is 0 Å². The molecular weight excluding hydrogens is 135 g/mol. The van der Waals surface area contributed by atoms with E-state index >= 15 is 0 Å². The van der Waals surface area contributed by atoms with Crippen molar-refractivity contribution < 1.29 is 14.2 Å². The van der Waals surface area contributed by atoms with Crippen molar-refractivity contribution in [3.63, 3.8) is 0 Å². The van der Waals surface area contributed by atoms with Crippen LogP contribution in [0.3, 0.4) is 0 Å². The first-order valence-corrected chi connectivity index (χ1v) is 3.69. The van der Waals surface area contributed by atoms with Gasteiger partial charge in [-0.05, 0) is 12.8 Å². The molecule has 0 aromatic rings. The predicted molar refractivity (Wildman–Crippen MR) is 35.6 cm³/mol. The second-order valence-corrected chi connectivity index (χ2v) is 2.65. The van der Waals surface area contributed by atoms with Crippen LogP contribution >= 0.6 is 0 Å².